The zero-order chi connectivity index (χ0) is 32.9. The Balaban J connectivity index is 0.000000345. The van der Waals surface area contributed by atoms with Gasteiger partial charge in [0.15, 0.2) is 0 Å². The van der Waals surface area contributed by atoms with Gasteiger partial charge in [0.1, 0.15) is 0 Å². The predicted molar refractivity (Wildman–Crippen MR) is 207 cm³/mol. The number of hydrogen-bond donors (Lipinski definition) is 0. The van der Waals surface area contributed by atoms with Crippen LogP contribution in [-0.2, 0) is 31.4 Å². The third kappa shape index (κ3) is 13.0. The van der Waals surface area contributed by atoms with E-state index in [1.165, 1.54) is 67.8 Å². The molecule has 3 radical (unpaired) electrons. The Morgan fingerprint density at radius 2 is 0.848 bits per heavy atom. The summed E-state index contributed by atoms with van der Waals surface area (Å²) in [5, 5.41) is 5.44. The SMILES string of the molecule is CCc1cc2c(-c3ccccc3)cccc2[cH-]1.CCc1cc2c(-c3ccccc3)cccc2[cH-]1.C[Si]C.[CH2-]CCC.[CH2-]CCC.[V+4]. The molecule has 0 amide bonds. The Hall–Kier alpha value is -3.10. The second-order valence-electron chi connectivity index (χ2n) is 11.0. The van der Waals surface area contributed by atoms with Crippen molar-refractivity contribution in [1.82, 2.24) is 0 Å². The topological polar surface area (TPSA) is 0 Å². The molecule has 0 heterocycles. The summed E-state index contributed by atoms with van der Waals surface area (Å²) in [5.41, 5.74) is 8.11. The molecule has 239 valence electrons. The minimum Gasteiger partial charge on any atom is -0.343 e. The first-order chi connectivity index (χ1) is 22.0. The molecule has 0 saturated heterocycles. The normalized spacial score (nSPS) is 9.74. The molecule has 46 heavy (non-hydrogen) atoms. The van der Waals surface area contributed by atoms with Gasteiger partial charge >= 0.3 is 18.6 Å². The quantitative estimate of drug-likeness (QED) is 0.123. The Bertz CT molecular complexity index is 1470. The summed E-state index contributed by atoms with van der Waals surface area (Å²) < 4.78 is 0. The van der Waals surface area contributed by atoms with E-state index in [1.54, 1.807) is 0 Å². The largest absolute Gasteiger partial charge is 4.00 e. The smallest absolute Gasteiger partial charge is 0.343 e. The van der Waals surface area contributed by atoms with Crippen LogP contribution in [0.15, 0.2) is 121 Å². The maximum Gasteiger partial charge on any atom is 4.00 e. The number of benzene rings is 4. The molecule has 0 unspecified atom stereocenters. The summed E-state index contributed by atoms with van der Waals surface area (Å²) in [6.45, 7) is 20.2. The van der Waals surface area contributed by atoms with Gasteiger partial charge in [0, 0.05) is 9.52 Å². The second-order valence-corrected chi connectivity index (χ2v) is 12.0. The zero-order valence-electron chi connectivity index (χ0n) is 29.2. The summed E-state index contributed by atoms with van der Waals surface area (Å²) in [7, 11) is 1.08. The summed E-state index contributed by atoms with van der Waals surface area (Å²) in [5.74, 6) is 0. The van der Waals surface area contributed by atoms with Crippen molar-refractivity contribution in [3.8, 4) is 22.3 Å². The fourth-order valence-corrected chi connectivity index (χ4v) is 4.74. The summed E-state index contributed by atoms with van der Waals surface area (Å²) in [4.78, 5) is 0. The zero-order valence-corrected chi connectivity index (χ0v) is 31.5. The molecule has 0 bridgehead atoms. The van der Waals surface area contributed by atoms with Crippen LogP contribution < -0.4 is 0 Å². The van der Waals surface area contributed by atoms with Crippen LogP contribution in [0.5, 0.6) is 0 Å². The van der Waals surface area contributed by atoms with Gasteiger partial charge in [-0.3, -0.25) is 0 Å². The van der Waals surface area contributed by atoms with Gasteiger partial charge in [-0.1, -0.05) is 138 Å². The van der Waals surface area contributed by atoms with Crippen molar-refractivity contribution in [1.29, 1.82) is 0 Å². The molecule has 0 atom stereocenters. The van der Waals surface area contributed by atoms with Crippen molar-refractivity contribution < 1.29 is 18.6 Å². The van der Waals surface area contributed by atoms with Gasteiger partial charge in [-0.15, -0.1) is 69.1 Å². The van der Waals surface area contributed by atoms with Gasteiger partial charge < -0.3 is 13.8 Å². The second kappa shape index (κ2) is 24.1. The number of aryl methyl sites for hydroxylation is 2. The minimum atomic E-state index is 0. The van der Waals surface area contributed by atoms with Crippen LogP contribution in [-0.4, -0.2) is 9.52 Å². The van der Waals surface area contributed by atoms with E-state index in [1.807, 2.05) is 0 Å². The van der Waals surface area contributed by atoms with Crippen LogP contribution in [0.4, 0.5) is 0 Å². The van der Waals surface area contributed by atoms with Crippen molar-refractivity contribution in [2.45, 2.75) is 79.3 Å². The first kappa shape index (κ1) is 40.9. The van der Waals surface area contributed by atoms with Gasteiger partial charge in [0.05, 0.1) is 0 Å². The Morgan fingerprint density at radius 3 is 1.13 bits per heavy atom. The Morgan fingerprint density at radius 1 is 0.522 bits per heavy atom. The van der Waals surface area contributed by atoms with Gasteiger partial charge in [-0.05, 0) is 24.0 Å². The molecule has 6 rings (SSSR count). The third-order valence-electron chi connectivity index (χ3n) is 7.31. The maximum absolute atomic E-state index is 3.60. The van der Waals surface area contributed by atoms with E-state index in [-0.39, 0.29) is 18.6 Å². The molecule has 0 nitrogen and oxygen atoms in total. The van der Waals surface area contributed by atoms with E-state index in [0.717, 1.165) is 35.2 Å². The standard InChI is InChI=1S/2C17H15.2C4H9.C2H6Si.V/c2*1-2-13-11-15-9-6-10-16(17(15)12-13)14-7-4-3-5-8-14;2*1-3-4-2;1-3-2;/h2*3-12H,2H2,1H3;2*1,3-4H2,2H3;1-2H3;/q4*-1;;+4. The molecule has 0 aromatic heterocycles. The van der Waals surface area contributed by atoms with E-state index >= 15 is 0 Å². The molecule has 0 N–H and O–H groups in total. The molecular weight excluding hydrogens is 608 g/mol. The molecule has 0 fully saturated rings. The van der Waals surface area contributed by atoms with Gasteiger partial charge in [0.2, 0.25) is 0 Å². The molecule has 0 spiro atoms. The van der Waals surface area contributed by atoms with Crippen LogP contribution in [0.1, 0.15) is 64.5 Å². The third-order valence-corrected chi connectivity index (χ3v) is 7.31. The van der Waals surface area contributed by atoms with Crippen molar-refractivity contribution in [3.05, 3.63) is 146 Å². The van der Waals surface area contributed by atoms with Crippen molar-refractivity contribution in [3.63, 3.8) is 0 Å². The molecule has 0 aliphatic heterocycles. The fraction of sp³-hybridized carbons (Fsp3) is 0.273. The van der Waals surface area contributed by atoms with E-state index in [0.29, 0.717) is 0 Å². The van der Waals surface area contributed by atoms with E-state index in [4.69, 9.17) is 0 Å². The van der Waals surface area contributed by atoms with E-state index in [2.05, 4.69) is 176 Å². The Labute approximate surface area is 296 Å². The summed E-state index contributed by atoms with van der Waals surface area (Å²) in [6, 6.07) is 43.5. The van der Waals surface area contributed by atoms with Gasteiger partial charge in [0.25, 0.3) is 0 Å². The van der Waals surface area contributed by atoms with Gasteiger partial charge in [-0.2, -0.15) is 25.0 Å². The average molecular weight is 662 g/mol. The maximum atomic E-state index is 3.60. The van der Waals surface area contributed by atoms with Crippen molar-refractivity contribution >= 4 is 31.1 Å². The van der Waals surface area contributed by atoms with Crippen molar-refractivity contribution in [2.24, 2.45) is 0 Å². The van der Waals surface area contributed by atoms with Crippen LogP contribution in [0.2, 0.25) is 13.1 Å². The molecule has 6 aromatic carbocycles. The van der Waals surface area contributed by atoms with E-state index < -0.39 is 0 Å². The monoisotopic (exact) mass is 661 g/mol. The van der Waals surface area contributed by atoms with Gasteiger partial charge in [-0.25, -0.2) is 0 Å². The van der Waals surface area contributed by atoms with Crippen LogP contribution in [0.25, 0.3) is 43.8 Å². The minimum absolute atomic E-state index is 0. The van der Waals surface area contributed by atoms with Crippen molar-refractivity contribution in [2.75, 3.05) is 0 Å². The first-order valence-corrected chi connectivity index (χ1v) is 18.7. The summed E-state index contributed by atoms with van der Waals surface area (Å²) in [6.07, 6.45) is 6.76. The molecule has 0 aliphatic rings. The van der Waals surface area contributed by atoms with Crippen LogP contribution in [0.3, 0.4) is 0 Å². The molecular formula is C44H54SiV. The molecule has 6 aromatic rings. The molecule has 2 heteroatoms. The number of hydrogen-bond acceptors (Lipinski definition) is 0. The molecule has 0 aliphatic carbocycles. The number of fused-ring (bicyclic) bond motifs is 2. The molecule has 0 saturated carbocycles. The average Bonchev–Trinajstić information content (AvgIpc) is 3.74. The van der Waals surface area contributed by atoms with Crippen LogP contribution >= 0.6 is 0 Å². The van der Waals surface area contributed by atoms with Crippen LogP contribution in [0, 0.1) is 13.8 Å². The first-order valence-electron chi connectivity index (χ1n) is 16.7. The predicted octanol–water partition coefficient (Wildman–Crippen LogP) is 13.6. The fourth-order valence-electron chi connectivity index (χ4n) is 4.74. The number of unbranched alkanes of at least 4 members (excludes halogenated alkanes) is 2. The Kier molecular flexibility index (Phi) is 21.5. The van der Waals surface area contributed by atoms with E-state index in [9.17, 15) is 0 Å². The summed E-state index contributed by atoms with van der Waals surface area (Å²) >= 11 is 0. The number of rotatable bonds is 6.